The maximum Gasteiger partial charge on any atom is 0.308 e. The van der Waals surface area contributed by atoms with E-state index in [0.717, 1.165) is 11.1 Å². The summed E-state index contributed by atoms with van der Waals surface area (Å²) in [5.41, 5.74) is 3.41. The minimum atomic E-state index is -0.404. The van der Waals surface area contributed by atoms with Crippen LogP contribution >= 0.6 is 0 Å². The van der Waals surface area contributed by atoms with Crippen LogP contribution in [0.25, 0.3) is 0 Å². The Bertz CT molecular complexity index is 1080. The highest BCUT2D eigenvalue weighted by molar-refractivity contribution is 5.83. The number of nitrogens with zero attached hydrogens (tertiary/aromatic N) is 3. The first kappa shape index (κ1) is 19.7. The number of rotatable bonds is 6. The largest absolute Gasteiger partial charge is 0.481 e. The van der Waals surface area contributed by atoms with Crippen molar-refractivity contribution in [2.24, 2.45) is 0 Å². The van der Waals surface area contributed by atoms with Gasteiger partial charge in [0.2, 0.25) is 11.7 Å². The van der Waals surface area contributed by atoms with Crippen LogP contribution in [0.2, 0.25) is 0 Å². The van der Waals surface area contributed by atoms with E-state index >= 15 is 0 Å². The van der Waals surface area contributed by atoms with E-state index in [1.807, 2.05) is 71.3 Å². The van der Waals surface area contributed by atoms with Gasteiger partial charge in [-0.2, -0.15) is 5.10 Å². The van der Waals surface area contributed by atoms with E-state index in [1.54, 1.807) is 6.20 Å². The fourth-order valence-corrected chi connectivity index (χ4v) is 3.55. The molecule has 0 aliphatic carbocycles. The zero-order chi connectivity index (χ0) is 20.9. The highest BCUT2D eigenvalue weighted by Crippen LogP contribution is 2.26. The number of hydrogen-bond acceptors (Lipinski definition) is 5. The van der Waals surface area contributed by atoms with Crippen LogP contribution in [-0.2, 0) is 17.9 Å². The minimum absolute atomic E-state index is 0.0128. The van der Waals surface area contributed by atoms with E-state index in [4.69, 9.17) is 4.74 Å². The summed E-state index contributed by atoms with van der Waals surface area (Å²) in [7, 11) is 0. The quantitative estimate of drug-likeness (QED) is 0.683. The van der Waals surface area contributed by atoms with Crippen molar-refractivity contribution in [3.8, 4) is 5.75 Å². The van der Waals surface area contributed by atoms with E-state index in [-0.39, 0.29) is 24.8 Å². The SMILES string of the molecule is Cc1ccccc1CN1CCN(c2cn[nH]c(=O)c2OCc2ccccc2)CC1=O. The standard InChI is InChI=1S/C23H24N4O3/c1-17-7-5-6-10-19(17)14-27-12-11-26(15-21(27)28)20-13-24-25-23(29)22(20)30-16-18-8-3-2-4-9-18/h2-10,13H,11-12,14-16H2,1H3,(H,25,29). The molecule has 4 rings (SSSR count). The lowest BCUT2D eigenvalue weighted by Gasteiger charge is -2.36. The molecule has 0 bridgehead atoms. The molecule has 0 saturated carbocycles. The van der Waals surface area contributed by atoms with Crippen LogP contribution in [0.15, 0.2) is 65.6 Å². The summed E-state index contributed by atoms with van der Waals surface area (Å²) in [6, 6.07) is 17.7. The van der Waals surface area contributed by atoms with Gasteiger partial charge in [0.1, 0.15) is 12.3 Å². The van der Waals surface area contributed by atoms with Crippen LogP contribution in [0, 0.1) is 6.92 Å². The lowest BCUT2D eigenvalue weighted by Crippen LogP contribution is -2.50. The van der Waals surface area contributed by atoms with E-state index in [9.17, 15) is 9.59 Å². The third-order valence-electron chi connectivity index (χ3n) is 5.30. The molecule has 1 aliphatic heterocycles. The third-order valence-corrected chi connectivity index (χ3v) is 5.30. The second-order valence-electron chi connectivity index (χ2n) is 7.35. The number of anilines is 1. The zero-order valence-corrected chi connectivity index (χ0v) is 16.9. The summed E-state index contributed by atoms with van der Waals surface area (Å²) in [6.45, 7) is 4.25. The number of amides is 1. The Morgan fingerprint density at radius 3 is 2.57 bits per heavy atom. The van der Waals surface area contributed by atoms with Gasteiger partial charge in [0, 0.05) is 19.6 Å². The average Bonchev–Trinajstić information content (AvgIpc) is 2.76. The molecule has 1 aromatic heterocycles. The summed E-state index contributed by atoms with van der Waals surface area (Å²) >= 11 is 0. The van der Waals surface area contributed by atoms with Gasteiger partial charge in [-0.1, -0.05) is 54.6 Å². The molecular formula is C23H24N4O3. The maximum atomic E-state index is 12.8. The molecule has 0 spiro atoms. The van der Waals surface area contributed by atoms with Crippen LogP contribution < -0.4 is 15.2 Å². The Balaban J connectivity index is 1.47. The van der Waals surface area contributed by atoms with Gasteiger partial charge in [-0.15, -0.1) is 0 Å². The van der Waals surface area contributed by atoms with E-state index in [0.29, 0.717) is 25.3 Å². The number of aryl methyl sites for hydroxylation is 1. The normalized spacial score (nSPS) is 14.1. The first-order chi connectivity index (χ1) is 14.6. The first-order valence-electron chi connectivity index (χ1n) is 9.93. The van der Waals surface area contributed by atoms with Crippen LogP contribution in [0.4, 0.5) is 5.69 Å². The van der Waals surface area contributed by atoms with Crippen molar-refractivity contribution in [1.29, 1.82) is 0 Å². The maximum absolute atomic E-state index is 12.8. The predicted molar refractivity (Wildman–Crippen MR) is 114 cm³/mol. The zero-order valence-electron chi connectivity index (χ0n) is 16.9. The van der Waals surface area contributed by atoms with Gasteiger partial charge in [0.15, 0.2) is 0 Å². The summed E-state index contributed by atoms with van der Waals surface area (Å²) in [4.78, 5) is 28.9. The summed E-state index contributed by atoms with van der Waals surface area (Å²) in [5.74, 6) is 0.202. The number of ether oxygens (including phenoxy) is 1. The molecule has 30 heavy (non-hydrogen) atoms. The van der Waals surface area contributed by atoms with Crippen molar-refractivity contribution >= 4 is 11.6 Å². The first-order valence-corrected chi connectivity index (χ1v) is 9.93. The molecule has 1 saturated heterocycles. The molecular weight excluding hydrogens is 380 g/mol. The van der Waals surface area contributed by atoms with Crippen LogP contribution in [0.5, 0.6) is 5.75 Å². The number of nitrogens with one attached hydrogen (secondary N) is 1. The second kappa shape index (κ2) is 8.82. The Hall–Kier alpha value is -3.61. The second-order valence-corrected chi connectivity index (χ2v) is 7.35. The van der Waals surface area contributed by atoms with Crippen molar-refractivity contribution in [1.82, 2.24) is 15.1 Å². The van der Waals surface area contributed by atoms with Gasteiger partial charge < -0.3 is 14.5 Å². The number of benzene rings is 2. The molecule has 1 aliphatic rings. The number of aromatic amines is 1. The number of hydrogen-bond donors (Lipinski definition) is 1. The monoisotopic (exact) mass is 404 g/mol. The Morgan fingerprint density at radius 1 is 1.03 bits per heavy atom. The molecule has 1 fully saturated rings. The molecule has 7 heteroatoms. The summed E-state index contributed by atoms with van der Waals surface area (Å²) < 4.78 is 5.83. The molecule has 2 aromatic carbocycles. The topological polar surface area (TPSA) is 78.5 Å². The van der Waals surface area contributed by atoms with Gasteiger partial charge in [-0.05, 0) is 23.6 Å². The fraction of sp³-hybridized carbons (Fsp3) is 0.261. The van der Waals surface area contributed by atoms with Crippen molar-refractivity contribution in [3.63, 3.8) is 0 Å². The minimum Gasteiger partial charge on any atom is -0.481 e. The lowest BCUT2D eigenvalue weighted by molar-refractivity contribution is -0.131. The number of carbonyl (C=O) groups is 1. The number of H-pyrrole nitrogens is 1. The van der Waals surface area contributed by atoms with Gasteiger partial charge in [-0.3, -0.25) is 9.59 Å². The van der Waals surface area contributed by atoms with Gasteiger partial charge in [0.25, 0.3) is 0 Å². The molecule has 2 heterocycles. The molecule has 0 atom stereocenters. The number of carbonyl (C=O) groups excluding carboxylic acids is 1. The van der Waals surface area contributed by atoms with Crippen molar-refractivity contribution in [2.75, 3.05) is 24.5 Å². The van der Waals surface area contributed by atoms with Crippen LogP contribution in [-0.4, -0.2) is 40.6 Å². The summed E-state index contributed by atoms with van der Waals surface area (Å²) in [6.07, 6.45) is 1.55. The molecule has 3 aromatic rings. The van der Waals surface area contributed by atoms with Gasteiger partial charge in [0.05, 0.1) is 12.7 Å². The van der Waals surface area contributed by atoms with Crippen molar-refractivity contribution in [2.45, 2.75) is 20.1 Å². The average molecular weight is 404 g/mol. The molecule has 7 nitrogen and oxygen atoms in total. The molecule has 0 radical (unpaired) electrons. The van der Waals surface area contributed by atoms with Crippen LogP contribution in [0.1, 0.15) is 16.7 Å². The van der Waals surface area contributed by atoms with Crippen molar-refractivity contribution < 1.29 is 9.53 Å². The molecule has 0 unspecified atom stereocenters. The highest BCUT2D eigenvalue weighted by atomic mass is 16.5. The molecule has 1 N–H and O–H groups in total. The summed E-state index contributed by atoms with van der Waals surface area (Å²) in [5, 5.41) is 6.34. The van der Waals surface area contributed by atoms with E-state index < -0.39 is 5.56 Å². The van der Waals surface area contributed by atoms with E-state index in [2.05, 4.69) is 10.2 Å². The van der Waals surface area contributed by atoms with Crippen LogP contribution in [0.3, 0.4) is 0 Å². The fourth-order valence-electron chi connectivity index (χ4n) is 3.55. The lowest BCUT2D eigenvalue weighted by atomic mass is 10.1. The number of piperazine rings is 1. The Morgan fingerprint density at radius 2 is 1.80 bits per heavy atom. The van der Waals surface area contributed by atoms with E-state index in [1.165, 1.54) is 5.56 Å². The van der Waals surface area contributed by atoms with Crippen molar-refractivity contribution in [3.05, 3.63) is 87.8 Å². The van der Waals surface area contributed by atoms with Gasteiger partial charge in [-0.25, -0.2) is 5.10 Å². The number of aromatic nitrogens is 2. The molecule has 1 amide bonds. The third kappa shape index (κ3) is 4.35. The highest BCUT2D eigenvalue weighted by Gasteiger charge is 2.27. The molecule has 154 valence electrons. The van der Waals surface area contributed by atoms with Gasteiger partial charge >= 0.3 is 5.56 Å². The smallest absolute Gasteiger partial charge is 0.308 e. The Kier molecular flexibility index (Phi) is 5.79. The Labute approximate surface area is 174 Å². The predicted octanol–water partition coefficient (Wildman–Crippen LogP) is 2.51.